The van der Waals surface area contributed by atoms with E-state index in [1.54, 1.807) is 0 Å². The van der Waals surface area contributed by atoms with Crippen LogP contribution in [0.4, 0.5) is 5.95 Å². The van der Waals surface area contributed by atoms with Crippen LogP contribution in [-0.4, -0.2) is 41.6 Å². The molecule has 0 bridgehead atoms. The van der Waals surface area contributed by atoms with Crippen molar-refractivity contribution >= 4 is 17.7 Å². The van der Waals surface area contributed by atoms with Crippen LogP contribution in [-0.2, 0) is 6.54 Å². The van der Waals surface area contributed by atoms with Gasteiger partial charge in [-0.05, 0) is 13.2 Å². The van der Waals surface area contributed by atoms with Gasteiger partial charge in [0.15, 0.2) is 0 Å². The van der Waals surface area contributed by atoms with Crippen molar-refractivity contribution in [2.45, 2.75) is 33.4 Å². The van der Waals surface area contributed by atoms with E-state index in [1.807, 2.05) is 31.9 Å². The first-order valence-electron chi connectivity index (χ1n) is 6.30. The molecule has 0 aliphatic carbocycles. The van der Waals surface area contributed by atoms with Crippen LogP contribution < -0.4 is 10.2 Å². The van der Waals surface area contributed by atoms with Gasteiger partial charge >= 0.3 is 0 Å². The molecule has 18 heavy (non-hydrogen) atoms. The van der Waals surface area contributed by atoms with E-state index in [1.165, 1.54) is 5.56 Å². The molecule has 0 atom stereocenters. The quantitative estimate of drug-likeness (QED) is 0.820. The molecule has 4 nitrogen and oxygen atoms in total. The van der Waals surface area contributed by atoms with E-state index in [-0.39, 0.29) is 0 Å². The van der Waals surface area contributed by atoms with Gasteiger partial charge < -0.3 is 10.2 Å². The van der Waals surface area contributed by atoms with Crippen molar-refractivity contribution in [3.63, 3.8) is 0 Å². The number of aromatic nitrogens is 2. The van der Waals surface area contributed by atoms with Gasteiger partial charge in [-0.25, -0.2) is 9.97 Å². The number of nitrogens with one attached hydrogen (secondary N) is 1. The molecule has 0 fully saturated rings. The van der Waals surface area contributed by atoms with Gasteiger partial charge in [-0.2, -0.15) is 11.8 Å². The van der Waals surface area contributed by atoms with Crippen molar-refractivity contribution < 1.29 is 0 Å². The molecule has 0 aromatic carbocycles. The lowest BCUT2D eigenvalue weighted by Gasteiger charge is -2.18. The van der Waals surface area contributed by atoms with Crippen LogP contribution in [0.15, 0.2) is 6.20 Å². The number of anilines is 1. The summed E-state index contributed by atoms with van der Waals surface area (Å²) in [5.74, 6) is 1.91. The summed E-state index contributed by atoms with van der Waals surface area (Å²) in [6, 6.07) is 0.480. The first kappa shape index (κ1) is 15.2. The second-order valence-electron chi connectivity index (χ2n) is 4.73. The number of aryl methyl sites for hydroxylation is 1. The maximum atomic E-state index is 4.57. The Morgan fingerprint density at radius 3 is 2.72 bits per heavy atom. The highest BCUT2D eigenvalue weighted by Gasteiger charge is 2.07. The number of nitrogens with zero attached hydrogens (tertiary/aromatic N) is 3. The van der Waals surface area contributed by atoms with E-state index in [0.717, 1.165) is 30.5 Å². The molecule has 1 N–H and O–H groups in total. The van der Waals surface area contributed by atoms with Gasteiger partial charge in [-0.1, -0.05) is 13.8 Å². The molecule has 0 unspecified atom stereocenters. The van der Waals surface area contributed by atoms with Crippen LogP contribution in [0.25, 0.3) is 0 Å². The van der Waals surface area contributed by atoms with E-state index >= 15 is 0 Å². The fourth-order valence-electron chi connectivity index (χ4n) is 1.48. The zero-order valence-electron chi connectivity index (χ0n) is 12.0. The summed E-state index contributed by atoms with van der Waals surface area (Å²) >= 11 is 1.84. The fraction of sp³-hybridized carbons (Fsp3) is 0.692. The number of thioether (sulfide) groups is 1. The zero-order chi connectivity index (χ0) is 13.5. The van der Waals surface area contributed by atoms with E-state index in [4.69, 9.17) is 0 Å². The summed E-state index contributed by atoms with van der Waals surface area (Å²) < 4.78 is 0. The Kier molecular flexibility index (Phi) is 6.43. The molecule has 0 saturated carbocycles. The van der Waals surface area contributed by atoms with E-state index < -0.39 is 0 Å². The SMILES string of the molecule is CSCCN(C)c1ncc(CNC(C)C)c(C)n1. The molecule has 0 aliphatic heterocycles. The Bertz CT molecular complexity index is 368. The van der Waals surface area contributed by atoms with Gasteiger partial charge in [0, 0.05) is 49.4 Å². The lowest BCUT2D eigenvalue weighted by molar-refractivity contribution is 0.584. The lowest BCUT2D eigenvalue weighted by Crippen LogP contribution is -2.25. The van der Waals surface area contributed by atoms with E-state index in [0.29, 0.717) is 6.04 Å². The number of hydrogen-bond acceptors (Lipinski definition) is 5. The zero-order valence-corrected chi connectivity index (χ0v) is 12.8. The van der Waals surface area contributed by atoms with Gasteiger partial charge in [0.05, 0.1) is 0 Å². The molecule has 1 aromatic rings. The van der Waals surface area contributed by atoms with Crippen LogP contribution >= 0.6 is 11.8 Å². The monoisotopic (exact) mass is 268 g/mol. The molecule has 5 heteroatoms. The molecule has 102 valence electrons. The second-order valence-corrected chi connectivity index (χ2v) is 5.72. The molecule has 0 radical (unpaired) electrons. The summed E-state index contributed by atoms with van der Waals surface area (Å²) in [7, 11) is 2.04. The van der Waals surface area contributed by atoms with Crippen molar-refractivity contribution in [3.05, 3.63) is 17.5 Å². The Balaban J connectivity index is 2.66. The van der Waals surface area contributed by atoms with Crippen molar-refractivity contribution in [1.29, 1.82) is 0 Å². The molecule has 0 saturated heterocycles. The van der Waals surface area contributed by atoms with Crippen LogP contribution in [0.5, 0.6) is 0 Å². The van der Waals surface area contributed by atoms with Gasteiger partial charge in [0.1, 0.15) is 0 Å². The summed E-state index contributed by atoms with van der Waals surface area (Å²) in [4.78, 5) is 11.1. The van der Waals surface area contributed by atoms with Crippen LogP contribution in [0, 0.1) is 6.92 Å². The number of rotatable bonds is 7. The molecule has 1 aromatic heterocycles. The summed E-state index contributed by atoms with van der Waals surface area (Å²) in [5.41, 5.74) is 2.23. The van der Waals surface area contributed by atoms with Crippen molar-refractivity contribution in [2.24, 2.45) is 0 Å². The van der Waals surface area contributed by atoms with Gasteiger partial charge in [0.25, 0.3) is 0 Å². The minimum atomic E-state index is 0.480. The maximum absolute atomic E-state index is 4.57. The first-order valence-corrected chi connectivity index (χ1v) is 7.70. The standard InChI is InChI=1S/C13H24N4S/c1-10(2)14-8-12-9-15-13(16-11(12)3)17(4)6-7-18-5/h9-10,14H,6-8H2,1-5H3. The molecule has 0 spiro atoms. The Labute approximate surface area is 115 Å². The summed E-state index contributed by atoms with van der Waals surface area (Å²) in [6.07, 6.45) is 4.04. The third-order valence-electron chi connectivity index (χ3n) is 2.74. The molecule has 0 amide bonds. The van der Waals surface area contributed by atoms with Gasteiger partial charge in [0.2, 0.25) is 5.95 Å². The molecular formula is C13H24N4S. The van der Waals surface area contributed by atoms with Crippen LogP contribution in [0.1, 0.15) is 25.1 Å². The van der Waals surface area contributed by atoms with Crippen LogP contribution in [0.2, 0.25) is 0 Å². The van der Waals surface area contributed by atoms with Crippen molar-refractivity contribution in [2.75, 3.05) is 30.5 Å². The minimum Gasteiger partial charge on any atom is -0.343 e. The largest absolute Gasteiger partial charge is 0.343 e. The highest BCUT2D eigenvalue weighted by Crippen LogP contribution is 2.10. The van der Waals surface area contributed by atoms with E-state index in [2.05, 4.69) is 40.3 Å². The molecule has 1 heterocycles. The minimum absolute atomic E-state index is 0.480. The van der Waals surface area contributed by atoms with Crippen molar-refractivity contribution in [3.8, 4) is 0 Å². The van der Waals surface area contributed by atoms with Gasteiger partial charge in [-0.3, -0.25) is 0 Å². The highest BCUT2D eigenvalue weighted by atomic mass is 32.2. The topological polar surface area (TPSA) is 41.1 Å². The predicted molar refractivity (Wildman–Crippen MR) is 80.4 cm³/mol. The smallest absolute Gasteiger partial charge is 0.225 e. The fourth-order valence-corrected chi connectivity index (χ4v) is 1.94. The van der Waals surface area contributed by atoms with Crippen LogP contribution in [0.3, 0.4) is 0 Å². The molecule has 0 aliphatic rings. The third-order valence-corrected chi connectivity index (χ3v) is 3.33. The van der Waals surface area contributed by atoms with E-state index in [9.17, 15) is 0 Å². The Morgan fingerprint density at radius 1 is 1.44 bits per heavy atom. The average molecular weight is 268 g/mol. The Hall–Kier alpha value is -0.810. The lowest BCUT2D eigenvalue weighted by atomic mass is 10.2. The molecule has 1 rings (SSSR count). The summed E-state index contributed by atoms with van der Waals surface area (Å²) in [5, 5.41) is 3.39. The summed E-state index contributed by atoms with van der Waals surface area (Å²) in [6.45, 7) is 8.13. The normalized spacial score (nSPS) is 11.0. The third kappa shape index (κ3) is 4.82. The van der Waals surface area contributed by atoms with Crippen molar-refractivity contribution in [1.82, 2.24) is 15.3 Å². The average Bonchev–Trinajstić information content (AvgIpc) is 2.34. The maximum Gasteiger partial charge on any atom is 0.225 e. The second kappa shape index (κ2) is 7.59. The van der Waals surface area contributed by atoms with Gasteiger partial charge in [-0.15, -0.1) is 0 Å². The highest BCUT2D eigenvalue weighted by molar-refractivity contribution is 7.98. The Morgan fingerprint density at radius 2 is 2.17 bits per heavy atom. The number of hydrogen-bond donors (Lipinski definition) is 1. The predicted octanol–water partition coefficient (Wildman–Crippen LogP) is 2.08. The molecular weight excluding hydrogens is 244 g/mol. The first-order chi connectivity index (χ1) is 8.54.